The second-order valence-corrected chi connectivity index (χ2v) is 11.8. The molecule has 0 aliphatic rings. The zero-order chi connectivity index (χ0) is 29.9. The van der Waals surface area contributed by atoms with E-state index < -0.39 is 35.6 Å². The molecule has 2 N–H and O–H groups in total. The van der Waals surface area contributed by atoms with Gasteiger partial charge >= 0.3 is 6.09 Å². The molecule has 0 fully saturated rings. The van der Waals surface area contributed by atoms with Crippen LogP contribution in [0.25, 0.3) is 0 Å². The van der Waals surface area contributed by atoms with E-state index in [0.29, 0.717) is 29.2 Å². The topological polar surface area (TPSA) is 87.7 Å². The van der Waals surface area contributed by atoms with Crippen molar-refractivity contribution >= 4 is 47.8 Å². The molecule has 2 unspecified atom stereocenters. The van der Waals surface area contributed by atoms with E-state index in [1.165, 1.54) is 0 Å². The summed E-state index contributed by atoms with van der Waals surface area (Å²) in [6, 6.07) is 11.0. The number of anilines is 1. The first-order chi connectivity index (χ1) is 18.9. The maximum atomic E-state index is 14.1. The molecule has 0 saturated heterocycles. The molecule has 0 aromatic heterocycles. The van der Waals surface area contributed by atoms with Crippen molar-refractivity contribution in [1.29, 1.82) is 0 Å². The zero-order valence-electron chi connectivity index (χ0n) is 24.6. The van der Waals surface area contributed by atoms with Crippen molar-refractivity contribution in [2.24, 2.45) is 0 Å². The van der Waals surface area contributed by atoms with Gasteiger partial charge in [0.25, 0.3) is 5.91 Å². The van der Waals surface area contributed by atoms with Gasteiger partial charge in [0.1, 0.15) is 17.7 Å². The molecular formula is C31H44ClN3O4S. The molecule has 0 radical (unpaired) electrons. The number of unbranched alkanes of at least 4 members (excludes halogenated alkanes) is 4. The first-order valence-corrected chi connectivity index (χ1v) is 14.9. The first-order valence-electron chi connectivity index (χ1n) is 13.9. The molecule has 220 valence electrons. The van der Waals surface area contributed by atoms with Gasteiger partial charge in [0.2, 0.25) is 5.91 Å². The summed E-state index contributed by atoms with van der Waals surface area (Å²) in [5, 5.41) is 6.04. The van der Waals surface area contributed by atoms with Crippen LogP contribution < -0.4 is 10.6 Å². The molecule has 40 heavy (non-hydrogen) atoms. The number of rotatable bonds is 13. The molecule has 2 atom stereocenters. The van der Waals surface area contributed by atoms with Crippen LogP contribution in [-0.4, -0.2) is 46.7 Å². The number of aryl methyl sites for hydroxylation is 2. The first kappa shape index (κ1) is 33.5. The highest BCUT2D eigenvalue weighted by Crippen LogP contribution is 2.30. The van der Waals surface area contributed by atoms with Gasteiger partial charge in [-0.2, -0.15) is 12.6 Å². The van der Waals surface area contributed by atoms with Gasteiger partial charge in [0, 0.05) is 12.3 Å². The Bertz CT molecular complexity index is 1110. The standard InChI is InChI=1S/C31H44ClN3O4S/c1-7-8-9-10-11-19-35(29(37)25(20-40)33-30(38)39-31(4,5)6)27(23-17-15-21(2)16-18-23)28(36)34-26-22(3)13-12-14-24(26)32/h12-18,25,27,40H,7-11,19-20H2,1-6H3,(H,33,38)(H,34,36). The maximum Gasteiger partial charge on any atom is 0.408 e. The second kappa shape index (κ2) is 15.9. The number of hydrogen-bond acceptors (Lipinski definition) is 5. The number of benzene rings is 2. The summed E-state index contributed by atoms with van der Waals surface area (Å²) in [6.45, 7) is 11.6. The Hall–Kier alpha value is -2.71. The van der Waals surface area contributed by atoms with Crippen LogP contribution in [0, 0.1) is 13.8 Å². The van der Waals surface area contributed by atoms with Crippen molar-refractivity contribution in [1.82, 2.24) is 10.2 Å². The van der Waals surface area contributed by atoms with E-state index in [9.17, 15) is 14.4 Å². The minimum Gasteiger partial charge on any atom is -0.444 e. The van der Waals surface area contributed by atoms with Crippen molar-refractivity contribution in [2.45, 2.75) is 91.3 Å². The van der Waals surface area contributed by atoms with Gasteiger partial charge in [0.15, 0.2) is 0 Å². The van der Waals surface area contributed by atoms with Crippen LogP contribution in [0.2, 0.25) is 5.02 Å². The Kier molecular flexibility index (Phi) is 13.3. The fourth-order valence-corrected chi connectivity index (χ4v) is 4.81. The lowest BCUT2D eigenvalue weighted by atomic mass is 10.0. The Balaban J connectivity index is 2.49. The highest BCUT2D eigenvalue weighted by molar-refractivity contribution is 7.80. The van der Waals surface area contributed by atoms with Crippen LogP contribution >= 0.6 is 24.2 Å². The molecule has 3 amide bonds. The maximum absolute atomic E-state index is 14.1. The predicted molar refractivity (Wildman–Crippen MR) is 166 cm³/mol. The number of halogens is 1. The average molecular weight is 590 g/mol. The number of thiol groups is 1. The Morgan fingerprint density at radius 1 is 1.00 bits per heavy atom. The number of nitrogens with one attached hydrogen (secondary N) is 2. The third-order valence-corrected chi connectivity index (χ3v) is 7.06. The van der Waals surface area contributed by atoms with E-state index in [2.05, 4.69) is 30.2 Å². The van der Waals surface area contributed by atoms with E-state index in [1.807, 2.05) is 50.2 Å². The fraction of sp³-hybridized carbons (Fsp3) is 0.516. The molecule has 0 saturated carbocycles. The summed E-state index contributed by atoms with van der Waals surface area (Å²) in [6.07, 6.45) is 4.12. The van der Waals surface area contributed by atoms with Gasteiger partial charge in [-0.1, -0.05) is 86.2 Å². The SMILES string of the molecule is CCCCCCCN(C(=O)C(CS)NC(=O)OC(C)(C)C)C(C(=O)Nc1c(C)cccc1Cl)c1ccc(C)cc1. The monoisotopic (exact) mass is 589 g/mol. The third-order valence-electron chi connectivity index (χ3n) is 6.38. The number of carbonyl (C=O) groups excluding carboxylic acids is 3. The molecule has 2 rings (SSSR count). The van der Waals surface area contributed by atoms with Gasteiger partial charge in [-0.25, -0.2) is 4.79 Å². The van der Waals surface area contributed by atoms with Crippen LogP contribution in [0.15, 0.2) is 42.5 Å². The summed E-state index contributed by atoms with van der Waals surface area (Å²) in [4.78, 5) is 42.2. The number of para-hydroxylation sites is 1. The van der Waals surface area contributed by atoms with Gasteiger partial charge in [-0.3, -0.25) is 9.59 Å². The number of ether oxygens (including phenoxy) is 1. The van der Waals surface area contributed by atoms with Crippen LogP contribution in [-0.2, 0) is 14.3 Å². The van der Waals surface area contributed by atoms with Gasteiger partial charge in [0.05, 0.1) is 10.7 Å². The van der Waals surface area contributed by atoms with Crippen LogP contribution in [0.4, 0.5) is 10.5 Å². The van der Waals surface area contributed by atoms with Crippen molar-refractivity contribution in [3.63, 3.8) is 0 Å². The molecule has 2 aromatic carbocycles. The summed E-state index contributed by atoms with van der Waals surface area (Å²) >= 11 is 10.8. The second-order valence-electron chi connectivity index (χ2n) is 11.1. The Labute approximate surface area is 249 Å². The molecular weight excluding hydrogens is 546 g/mol. The van der Waals surface area contributed by atoms with Gasteiger partial charge < -0.3 is 20.3 Å². The molecule has 9 heteroatoms. The fourth-order valence-electron chi connectivity index (χ4n) is 4.29. The number of carbonyl (C=O) groups is 3. The van der Waals surface area contributed by atoms with E-state index in [-0.39, 0.29) is 5.75 Å². The average Bonchev–Trinajstić information content (AvgIpc) is 2.88. The number of nitrogens with zero attached hydrogens (tertiary/aromatic N) is 1. The van der Waals surface area contributed by atoms with Gasteiger partial charge in [-0.15, -0.1) is 0 Å². The Morgan fingerprint density at radius 2 is 1.65 bits per heavy atom. The van der Waals surface area contributed by atoms with Crippen LogP contribution in [0.3, 0.4) is 0 Å². The highest BCUT2D eigenvalue weighted by atomic mass is 35.5. The Morgan fingerprint density at radius 3 is 2.23 bits per heavy atom. The number of alkyl carbamates (subject to hydrolysis) is 1. The molecule has 0 heterocycles. The van der Waals surface area contributed by atoms with E-state index in [1.54, 1.807) is 31.7 Å². The molecule has 0 aliphatic heterocycles. The van der Waals surface area contributed by atoms with Crippen LogP contribution in [0.1, 0.15) is 82.5 Å². The molecule has 0 aliphatic carbocycles. The highest BCUT2D eigenvalue weighted by Gasteiger charge is 2.36. The lowest BCUT2D eigenvalue weighted by molar-refractivity contribution is -0.140. The zero-order valence-corrected chi connectivity index (χ0v) is 26.2. The molecule has 0 bridgehead atoms. The minimum atomic E-state index is -0.989. The van der Waals surface area contributed by atoms with Crippen molar-refractivity contribution in [3.05, 3.63) is 64.2 Å². The number of amides is 3. The number of hydrogen-bond donors (Lipinski definition) is 3. The van der Waals surface area contributed by atoms with E-state index >= 15 is 0 Å². The van der Waals surface area contributed by atoms with Crippen molar-refractivity contribution in [3.8, 4) is 0 Å². The molecule has 0 spiro atoms. The smallest absolute Gasteiger partial charge is 0.408 e. The lowest BCUT2D eigenvalue weighted by Crippen LogP contribution is -2.53. The van der Waals surface area contributed by atoms with E-state index in [0.717, 1.165) is 36.8 Å². The molecule has 7 nitrogen and oxygen atoms in total. The van der Waals surface area contributed by atoms with Gasteiger partial charge in [-0.05, 0) is 58.2 Å². The summed E-state index contributed by atoms with van der Waals surface area (Å²) < 4.78 is 5.39. The minimum absolute atomic E-state index is 0.0380. The van der Waals surface area contributed by atoms with Crippen molar-refractivity contribution in [2.75, 3.05) is 17.6 Å². The van der Waals surface area contributed by atoms with Crippen LogP contribution in [0.5, 0.6) is 0 Å². The van der Waals surface area contributed by atoms with Crippen molar-refractivity contribution < 1.29 is 19.1 Å². The third kappa shape index (κ3) is 10.4. The summed E-state index contributed by atoms with van der Waals surface area (Å²) in [5.74, 6) is -0.763. The summed E-state index contributed by atoms with van der Waals surface area (Å²) in [7, 11) is 0. The quantitative estimate of drug-likeness (QED) is 0.169. The largest absolute Gasteiger partial charge is 0.444 e. The lowest BCUT2D eigenvalue weighted by Gasteiger charge is -2.34. The normalized spacial score (nSPS) is 12.8. The summed E-state index contributed by atoms with van der Waals surface area (Å²) in [5.41, 5.74) is 2.26. The molecule has 2 aromatic rings. The van der Waals surface area contributed by atoms with E-state index in [4.69, 9.17) is 16.3 Å². The predicted octanol–water partition coefficient (Wildman–Crippen LogP) is 7.26.